The van der Waals surface area contributed by atoms with E-state index in [2.05, 4.69) is 16.0 Å². The van der Waals surface area contributed by atoms with Crippen LogP contribution in [0.5, 0.6) is 0 Å². The molecule has 2 aromatic carbocycles. The first-order chi connectivity index (χ1) is 14.8. The van der Waals surface area contributed by atoms with Gasteiger partial charge >= 0.3 is 5.97 Å². The van der Waals surface area contributed by atoms with Crippen LogP contribution in [0.3, 0.4) is 0 Å². The molecule has 0 aliphatic carbocycles. The molecule has 3 amide bonds. The molecule has 2 atom stereocenters. The van der Waals surface area contributed by atoms with Gasteiger partial charge in [0.15, 0.2) is 0 Å². The number of carbonyl (C=O) groups excluding carboxylic acids is 3. The zero-order valence-corrected chi connectivity index (χ0v) is 16.9. The van der Waals surface area contributed by atoms with Gasteiger partial charge in [-0.2, -0.15) is 0 Å². The number of benzene rings is 2. The third-order valence-electron chi connectivity index (χ3n) is 4.42. The largest absolute Gasteiger partial charge is 0.480 e. The summed E-state index contributed by atoms with van der Waals surface area (Å²) in [6.07, 6.45) is 0.444. The van der Waals surface area contributed by atoms with Gasteiger partial charge < -0.3 is 26.8 Å². The van der Waals surface area contributed by atoms with Crippen molar-refractivity contribution in [3.63, 3.8) is 0 Å². The number of carboxylic acid groups (broad SMARTS) is 1. The Bertz CT molecular complexity index is 889. The van der Waals surface area contributed by atoms with Gasteiger partial charge in [0.05, 0.1) is 19.1 Å². The van der Waals surface area contributed by atoms with Gasteiger partial charge in [-0.25, -0.2) is 4.79 Å². The summed E-state index contributed by atoms with van der Waals surface area (Å²) in [5, 5.41) is 16.4. The standard InChI is InChI=1S/C22H26N4O5/c23-17(11-15-7-3-1-4-8-15)21(29)25-13-19(27)24-14-20(28)26-18(22(30)31)12-16-9-5-2-6-10-16/h1-10,17-18H,11-14,23H2,(H,24,27)(H,25,29)(H,26,28)(H,30,31)/t17-,18+/m1/s1. The molecule has 164 valence electrons. The van der Waals surface area contributed by atoms with Gasteiger partial charge in [0.25, 0.3) is 0 Å². The molecule has 0 heterocycles. The molecule has 0 radical (unpaired) electrons. The molecule has 31 heavy (non-hydrogen) atoms. The van der Waals surface area contributed by atoms with Crippen molar-refractivity contribution < 1.29 is 24.3 Å². The van der Waals surface area contributed by atoms with E-state index in [0.29, 0.717) is 6.42 Å². The number of hydrogen-bond acceptors (Lipinski definition) is 5. The summed E-state index contributed by atoms with van der Waals surface area (Å²) < 4.78 is 0. The maximum absolute atomic E-state index is 12.0. The maximum Gasteiger partial charge on any atom is 0.326 e. The minimum atomic E-state index is -1.18. The first kappa shape index (κ1) is 23.6. The van der Waals surface area contributed by atoms with E-state index in [9.17, 15) is 24.3 Å². The van der Waals surface area contributed by atoms with E-state index in [4.69, 9.17) is 5.73 Å². The van der Waals surface area contributed by atoms with Gasteiger partial charge in [0.1, 0.15) is 6.04 Å². The molecule has 0 aliphatic rings. The lowest BCUT2D eigenvalue weighted by Gasteiger charge is -2.15. The second-order valence-electron chi connectivity index (χ2n) is 6.94. The summed E-state index contributed by atoms with van der Waals surface area (Å²) in [7, 11) is 0. The highest BCUT2D eigenvalue weighted by Gasteiger charge is 2.21. The van der Waals surface area contributed by atoms with Crippen LogP contribution in [-0.2, 0) is 32.0 Å². The molecule has 0 saturated heterocycles. The van der Waals surface area contributed by atoms with E-state index in [1.165, 1.54) is 0 Å². The van der Waals surface area contributed by atoms with Gasteiger partial charge in [0.2, 0.25) is 17.7 Å². The van der Waals surface area contributed by atoms with Crippen molar-refractivity contribution in [1.29, 1.82) is 0 Å². The number of nitrogens with one attached hydrogen (secondary N) is 3. The molecule has 9 heteroatoms. The number of rotatable bonds is 11. The van der Waals surface area contributed by atoms with Crippen LogP contribution >= 0.6 is 0 Å². The van der Waals surface area contributed by atoms with Crippen LogP contribution in [0.1, 0.15) is 11.1 Å². The van der Waals surface area contributed by atoms with E-state index in [-0.39, 0.29) is 13.0 Å². The predicted octanol–water partition coefficient (Wildman–Crippen LogP) is -0.399. The Morgan fingerprint density at radius 2 is 1.29 bits per heavy atom. The molecule has 0 fully saturated rings. The third kappa shape index (κ3) is 8.67. The molecule has 2 rings (SSSR count). The van der Waals surface area contributed by atoms with Crippen molar-refractivity contribution in [2.45, 2.75) is 24.9 Å². The smallest absolute Gasteiger partial charge is 0.326 e. The minimum Gasteiger partial charge on any atom is -0.480 e. The molecular formula is C22H26N4O5. The Morgan fingerprint density at radius 1 is 0.774 bits per heavy atom. The number of carbonyl (C=O) groups is 4. The highest BCUT2D eigenvalue weighted by Crippen LogP contribution is 2.04. The molecule has 0 spiro atoms. The van der Waals surface area contributed by atoms with E-state index in [1.54, 1.807) is 30.3 Å². The Kier molecular flexibility index (Phi) is 9.18. The SMILES string of the molecule is N[C@H](Cc1ccccc1)C(=O)NCC(=O)NCC(=O)N[C@@H](Cc1ccccc1)C(=O)O. The van der Waals surface area contributed by atoms with Crippen molar-refractivity contribution >= 4 is 23.7 Å². The summed E-state index contributed by atoms with van der Waals surface area (Å²) in [5.74, 6) is -2.91. The molecule has 0 unspecified atom stereocenters. The average molecular weight is 426 g/mol. The zero-order valence-electron chi connectivity index (χ0n) is 16.9. The van der Waals surface area contributed by atoms with Crippen LogP contribution in [0.25, 0.3) is 0 Å². The number of carboxylic acids is 1. The molecule has 0 bridgehead atoms. The average Bonchev–Trinajstić information content (AvgIpc) is 2.76. The lowest BCUT2D eigenvalue weighted by molar-refractivity contribution is -0.141. The van der Waals surface area contributed by atoms with Crippen LogP contribution in [0.4, 0.5) is 0 Å². The first-order valence-corrected chi connectivity index (χ1v) is 9.75. The molecule has 2 aromatic rings. The van der Waals surface area contributed by atoms with Crippen LogP contribution in [-0.4, -0.2) is 54.0 Å². The van der Waals surface area contributed by atoms with Gasteiger partial charge in [-0.1, -0.05) is 60.7 Å². The van der Waals surface area contributed by atoms with E-state index >= 15 is 0 Å². The van der Waals surface area contributed by atoms with Crippen molar-refractivity contribution in [2.75, 3.05) is 13.1 Å². The van der Waals surface area contributed by atoms with Crippen molar-refractivity contribution in [3.8, 4) is 0 Å². The molecule has 0 saturated carbocycles. The van der Waals surface area contributed by atoms with E-state index in [1.807, 2.05) is 30.3 Å². The second kappa shape index (κ2) is 12.1. The summed E-state index contributed by atoms with van der Waals surface area (Å²) in [6.45, 7) is -0.760. The predicted molar refractivity (Wildman–Crippen MR) is 114 cm³/mol. The summed E-state index contributed by atoms with van der Waals surface area (Å²) >= 11 is 0. The van der Waals surface area contributed by atoms with Gasteiger partial charge in [-0.15, -0.1) is 0 Å². The quantitative estimate of drug-likeness (QED) is 0.330. The molecule has 9 nitrogen and oxygen atoms in total. The van der Waals surface area contributed by atoms with Crippen LogP contribution in [0.2, 0.25) is 0 Å². The summed E-state index contributed by atoms with van der Waals surface area (Å²) in [6, 6.07) is 16.2. The summed E-state index contributed by atoms with van der Waals surface area (Å²) in [4.78, 5) is 47.3. The van der Waals surface area contributed by atoms with E-state index < -0.39 is 42.3 Å². The zero-order chi connectivity index (χ0) is 22.6. The fourth-order valence-electron chi connectivity index (χ4n) is 2.80. The summed E-state index contributed by atoms with van der Waals surface area (Å²) in [5.41, 5.74) is 7.50. The number of amides is 3. The van der Waals surface area contributed by atoms with Gasteiger partial charge in [-0.3, -0.25) is 14.4 Å². The van der Waals surface area contributed by atoms with Gasteiger partial charge in [-0.05, 0) is 17.5 Å². The number of nitrogens with two attached hydrogens (primary N) is 1. The molecular weight excluding hydrogens is 400 g/mol. The van der Waals surface area contributed by atoms with Crippen molar-refractivity contribution in [3.05, 3.63) is 71.8 Å². The van der Waals surface area contributed by atoms with Crippen molar-refractivity contribution in [1.82, 2.24) is 16.0 Å². The third-order valence-corrected chi connectivity index (χ3v) is 4.42. The van der Waals surface area contributed by atoms with Crippen molar-refractivity contribution in [2.24, 2.45) is 5.73 Å². The van der Waals surface area contributed by atoms with E-state index in [0.717, 1.165) is 11.1 Å². The molecule has 6 N–H and O–H groups in total. The normalized spacial score (nSPS) is 12.3. The number of aliphatic carboxylic acids is 1. The maximum atomic E-state index is 12.0. The van der Waals surface area contributed by atoms with Gasteiger partial charge in [0, 0.05) is 6.42 Å². The minimum absolute atomic E-state index is 0.116. The highest BCUT2D eigenvalue weighted by molar-refractivity contribution is 5.90. The monoisotopic (exact) mass is 426 g/mol. The highest BCUT2D eigenvalue weighted by atomic mass is 16.4. The molecule has 0 aromatic heterocycles. The Hall–Kier alpha value is -3.72. The molecule has 0 aliphatic heterocycles. The Balaban J connectivity index is 1.71. The van der Waals surface area contributed by atoms with Crippen LogP contribution in [0.15, 0.2) is 60.7 Å². The Labute approximate surface area is 180 Å². The lowest BCUT2D eigenvalue weighted by Crippen LogP contribution is -2.49. The fraction of sp³-hybridized carbons (Fsp3) is 0.273. The fourth-order valence-corrected chi connectivity index (χ4v) is 2.80. The van der Waals surface area contributed by atoms with Crippen LogP contribution < -0.4 is 21.7 Å². The first-order valence-electron chi connectivity index (χ1n) is 9.75. The van der Waals surface area contributed by atoms with Crippen LogP contribution in [0, 0.1) is 0 Å². The number of hydrogen-bond donors (Lipinski definition) is 5. The lowest BCUT2D eigenvalue weighted by atomic mass is 10.1. The second-order valence-corrected chi connectivity index (χ2v) is 6.94. The topological polar surface area (TPSA) is 151 Å². The Morgan fingerprint density at radius 3 is 1.84 bits per heavy atom.